The summed E-state index contributed by atoms with van der Waals surface area (Å²) in [6.07, 6.45) is 6.31. The van der Waals surface area contributed by atoms with E-state index in [1.807, 2.05) is 0 Å². The summed E-state index contributed by atoms with van der Waals surface area (Å²) in [5.41, 5.74) is 0.797. The number of piperidine rings is 1. The average molecular weight is 413 g/mol. The van der Waals surface area contributed by atoms with E-state index in [1.54, 1.807) is 17.0 Å². The van der Waals surface area contributed by atoms with Gasteiger partial charge < -0.3 is 10.2 Å². The first-order valence-electron chi connectivity index (χ1n) is 9.34. The molecule has 1 saturated carbocycles. The molecule has 0 unspecified atom stereocenters. The Bertz CT molecular complexity index is 841. The summed E-state index contributed by atoms with van der Waals surface area (Å²) in [6.45, 7) is 1.45. The summed E-state index contributed by atoms with van der Waals surface area (Å²) >= 11 is 6.29. The van der Waals surface area contributed by atoms with Gasteiger partial charge in [0.1, 0.15) is 0 Å². The number of amides is 2. The van der Waals surface area contributed by atoms with Crippen molar-refractivity contribution in [3.8, 4) is 0 Å². The maximum Gasteiger partial charge on any atom is 0.255 e. The fourth-order valence-corrected chi connectivity index (χ4v) is 5.67. The van der Waals surface area contributed by atoms with Gasteiger partial charge in [-0.3, -0.25) is 9.59 Å². The van der Waals surface area contributed by atoms with Gasteiger partial charge in [0.15, 0.2) is 14.6 Å². The van der Waals surface area contributed by atoms with E-state index in [1.165, 1.54) is 6.07 Å². The van der Waals surface area contributed by atoms with Crippen molar-refractivity contribution >= 4 is 38.9 Å². The van der Waals surface area contributed by atoms with Gasteiger partial charge in [0.2, 0.25) is 5.91 Å². The summed E-state index contributed by atoms with van der Waals surface area (Å²) < 4.78 is 23.1. The third kappa shape index (κ3) is 3.99. The zero-order valence-corrected chi connectivity index (χ0v) is 17.0. The van der Waals surface area contributed by atoms with Crippen molar-refractivity contribution in [1.29, 1.82) is 0 Å². The highest BCUT2D eigenvalue weighted by atomic mass is 35.5. The van der Waals surface area contributed by atoms with Crippen molar-refractivity contribution in [1.82, 2.24) is 4.90 Å². The second-order valence-electron chi connectivity index (χ2n) is 7.48. The Labute approximate surface area is 165 Å². The summed E-state index contributed by atoms with van der Waals surface area (Å²) in [4.78, 5) is 27.2. The Kier molecular flexibility index (Phi) is 5.82. The van der Waals surface area contributed by atoms with E-state index in [0.29, 0.717) is 36.9 Å². The second-order valence-corrected chi connectivity index (χ2v) is 10.2. The van der Waals surface area contributed by atoms with Crippen LogP contribution in [0.15, 0.2) is 18.2 Å². The Morgan fingerprint density at radius 3 is 2.26 bits per heavy atom. The molecule has 148 valence electrons. The van der Waals surface area contributed by atoms with Gasteiger partial charge in [0.25, 0.3) is 5.91 Å². The largest absolute Gasteiger partial charge is 0.339 e. The molecule has 0 aromatic heterocycles. The number of halogens is 1. The van der Waals surface area contributed by atoms with Crippen LogP contribution in [0.1, 0.15) is 55.3 Å². The van der Waals surface area contributed by atoms with Crippen molar-refractivity contribution in [2.45, 2.75) is 49.7 Å². The summed E-state index contributed by atoms with van der Waals surface area (Å²) in [5, 5.41) is 2.94. The Morgan fingerprint density at radius 1 is 1.07 bits per heavy atom. The van der Waals surface area contributed by atoms with E-state index < -0.39 is 20.5 Å². The van der Waals surface area contributed by atoms with E-state index >= 15 is 0 Å². The summed E-state index contributed by atoms with van der Waals surface area (Å²) in [7, 11) is -3.54. The van der Waals surface area contributed by atoms with Gasteiger partial charge in [0.05, 0.1) is 10.6 Å². The van der Waals surface area contributed by atoms with E-state index in [9.17, 15) is 18.0 Å². The first-order valence-corrected chi connectivity index (χ1v) is 11.6. The lowest BCUT2D eigenvalue weighted by Gasteiger charge is -2.27. The molecular weight excluding hydrogens is 388 g/mol. The fraction of sp³-hybridized carbons (Fsp3) is 0.579. The van der Waals surface area contributed by atoms with Crippen molar-refractivity contribution < 1.29 is 18.0 Å². The molecule has 27 heavy (non-hydrogen) atoms. The molecule has 2 amide bonds. The highest BCUT2D eigenvalue weighted by molar-refractivity contribution is 7.92. The van der Waals surface area contributed by atoms with E-state index in [2.05, 4.69) is 5.32 Å². The molecule has 8 heteroatoms. The minimum absolute atomic E-state index is 0.110. The minimum atomic E-state index is -3.54. The molecule has 1 aromatic carbocycles. The number of anilines is 1. The lowest BCUT2D eigenvalue weighted by atomic mass is 10.1. The first-order chi connectivity index (χ1) is 12.7. The number of hydrogen-bond donors (Lipinski definition) is 1. The predicted molar refractivity (Wildman–Crippen MR) is 106 cm³/mol. The number of carbonyl (C=O) groups excluding carboxylic acids is 2. The molecular formula is C19H25ClN2O4S. The molecule has 6 nitrogen and oxygen atoms in total. The van der Waals surface area contributed by atoms with Crippen LogP contribution in [0, 0.1) is 0 Å². The number of nitrogens with one attached hydrogen (secondary N) is 1. The second kappa shape index (κ2) is 7.80. The number of nitrogens with zero attached hydrogens (tertiary/aromatic N) is 1. The van der Waals surface area contributed by atoms with Crippen LogP contribution in [0.4, 0.5) is 5.69 Å². The Morgan fingerprint density at radius 2 is 1.70 bits per heavy atom. The van der Waals surface area contributed by atoms with Crippen LogP contribution in [-0.4, -0.2) is 49.2 Å². The molecule has 0 atom stereocenters. The van der Waals surface area contributed by atoms with Crippen LogP contribution in [0.25, 0.3) is 0 Å². The summed E-state index contributed by atoms with van der Waals surface area (Å²) in [5.74, 6) is -0.630. The average Bonchev–Trinajstić information content (AvgIpc) is 3.13. The normalized spacial score (nSPS) is 19.7. The molecule has 0 spiro atoms. The monoisotopic (exact) mass is 412 g/mol. The molecule has 2 aliphatic rings. The van der Waals surface area contributed by atoms with Crippen LogP contribution >= 0.6 is 11.6 Å². The molecule has 0 bridgehead atoms. The third-order valence-corrected chi connectivity index (χ3v) is 7.96. The zero-order valence-electron chi connectivity index (χ0n) is 15.5. The van der Waals surface area contributed by atoms with E-state index in [0.717, 1.165) is 38.6 Å². The quantitative estimate of drug-likeness (QED) is 0.822. The number of rotatable bonds is 4. The van der Waals surface area contributed by atoms with Gasteiger partial charge in [-0.2, -0.15) is 0 Å². The zero-order chi connectivity index (χ0) is 19.7. The van der Waals surface area contributed by atoms with Gasteiger partial charge in [-0.25, -0.2) is 8.42 Å². The van der Waals surface area contributed by atoms with Crippen molar-refractivity contribution in [3.05, 3.63) is 28.8 Å². The lowest BCUT2D eigenvalue weighted by molar-refractivity contribution is -0.118. The van der Waals surface area contributed by atoms with Crippen molar-refractivity contribution in [2.24, 2.45) is 0 Å². The Balaban J connectivity index is 1.77. The van der Waals surface area contributed by atoms with Gasteiger partial charge in [-0.05, 0) is 50.3 Å². The maximum atomic E-state index is 12.8. The Hall–Kier alpha value is -1.60. The smallest absolute Gasteiger partial charge is 0.255 e. The maximum absolute atomic E-state index is 12.8. The topological polar surface area (TPSA) is 83.5 Å². The number of sulfone groups is 1. The number of benzene rings is 1. The number of hydrogen-bond acceptors (Lipinski definition) is 4. The first kappa shape index (κ1) is 20.1. The van der Waals surface area contributed by atoms with Gasteiger partial charge >= 0.3 is 0 Å². The minimum Gasteiger partial charge on any atom is -0.339 e. The molecule has 1 heterocycles. The van der Waals surface area contributed by atoms with Gasteiger partial charge in [-0.15, -0.1) is 0 Å². The predicted octanol–water partition coefficient (Wildman–Crippen LogP) is 3.26. The van der Waals surface area contributed by atoms with Crippen LogP contribution in [0.2, 0.25) is 5.02 Å². The van der Waals surface area contributed by atoms with Crippen molar-refractivity contribution in [2.75, 3.05) is 24.7 Å². The SMILES string of the molecule is CS(=O)(=O)C1(C(=O)Nc2ccc(C(=O)N3CCCCC3)c(Cl)c2)CCCC1. The highest BCUT2D eigenvalue weighted by Gasteiger charge is 2.50. The van der Waals surface area contributed by atoms with Gasteiger partial charge in [-0.1, -0.05) is 24.4 Å². The molecule has 1 saturated heterocycles. The number of carbonyl (C=O) groups is 2. The third-order valence-electron chi connectivity index (χ3n) is 5.64. The lowest BCUT2D eigenvalue weighted by Crippen LogP contribution is -2.47. The molecule has 0 radical (unpaired) electrons. The molecule has 3 rings (SSSR count). The van der Waals surface area contributed by atoms with E-state index in [4.69, 9.17) is 11.6 Å². The summed E-state index contributed by atoms with van der Waals surface area (Å²) in [6, 6.07) is 4.71. The molecule has 1 N–H and O–H groups in total. The fourth-order valence-electron chi connectivity index (χ4n) is 3.99. The van der Waals surface area contributed by atoms with Crippen LogP contribution in [0.3, 0.4) is 0 Å². The molecule has 2 fully saturated rings. The van der Waals surface area contributed by atoms with E-state index in [-0.39, 0.29) is 10.9 Å². The van der Waals surface area contributed by atoms with Crippen LogP contribution in [0.5, 0.6) is 0 Å². The van der Waals surface area contributed by atoms with Crippen molar-refractivity contribution in [3.63, 3.8) is 0 Å². The van der Waals surface area contributed by atoms with Crippen LogP contribution < -0.4 is 5.32 Å². The number of likely N-dealkylation sites (tertiary alicyclic amines) is 1. The van der Waals surface area contributed by atoms with Gasteiger partial charge in [0, 0.05) is 25.0 Å². The van der Waals surface area contributed by atoms with Crippen LogP contribution in [-0.2, 0) is 14.6 Å². The molecule has 1 aliphatic carbocycles. The highest BCUT2D eigenvalue weighted by Crippen LogP contribution is 2.37. The standard InChI is InChI=1S/C19H25ClN2O4S/c1-27(25,26)19(9-3-4-10-19)18(24)21-14-7-8-15(16(20)13-14)17(23)22-11-5-2-6-12-22/h7-8,13H,2-6,9-12H2,1H3,(H,21,24). The molecule has 1 aliphatic heterocycles. The molecule has 1 aromatic rings.